The molecule has 2 atom stereocenters. The Labute approximate surface area is 149 Å². The third-order valence-electron chi connectivity index (χ3n) is 5.24. The van der Waals surface area contributed by atoms with Gasteiger partial charge in [-0.2, -0.15) is 0 Å². The zero-order valence-electron chi connectivity index (χ0n) is 14.2. The summed E-state index contributed by atoms with van der Waals surface area (Å²) in [5, 5.41) is 11.1. The molecule has 1 amide bonds. The number of aliphatic hydroxyl groups is 1. The smallest absolute Gasteiger partial charge is 0.222 e. The Morgan fingerprint density at radius 3 is 2.54 bits per heavy atom. The fraction of sp³-hybridized carbons (Fsp3) is 0.632. The molecule has 0 aliphatic carbocycles. The topological polar surface area (TPSA) is 43.8 Å². The van der Waals surface area contributed by atoms with Crippen LogP contribution in [0.25, 0.3) is 0 Å². The van der Waals surface area contributed by atoms with Gasteiger partial charge in [0.05, 0.1) is 12.1 Å². The lowest BCUT2D eigenvalue weighted by Gasteiger charge is -2.33. The van der Waals surface area contributed by atoms with Gasteiger partial charge in [0, 0.05) is 24.5 Å². The molecule has 0 saturated carbocycles. The molecule has 0 unspecified atom stereocenters. The minimum Gasteiger partial charge on any atom is -0.390 e. The van der Waals surface area contributed by atoms with Crippen LogP contribution in [0.1, 0.15) is 37.7 Å². The standard InChI is InChI=1S/C19H27ClN2O2/c20-16-9-7-15(8-10-16)5-4-6-19(24)22-13-17(18(23)14-22)21-11-2-1-3-12-21/h7-10,17-18,23H,1-6,11-14H2/t17-,18-/m1/s1. The Morgan fingerprint density at radius 2 is 1.83 bits per heavy atom. The van der Waals surface area contributed by atoms with Crippen LogP contribution in [0.5, 0.6) is 0 Å². The number of aryl methyl sites for hydroxylation is 1. The second-order valence-electron chi connectivity index (χ2n) is 7.01. The molecule has 2 heterocycles. The molecule has 4 nitrogen and oxygen atoms in total. The number of β-amino-alcohol motifs (C(OH)–C–C–N with tert-alkyl or cyclic N) is 1. The van der Waals surface area contributed by atoms with Crippen molar-refractivity contribution in [2.45, 2.75) is 50.7 Å². The van der Waals surface area contributed by atoms with E-state index in [1.54, 1.807) is 0 Å². The van der Waals surface area contributed by atoms with Crippen molar-refractivity contribution < 1.29 is 9.90 Å². The largest absolute Gasteiger partial charge is 0.390 e. The number of likely N-dealkylation sites (tertiary alicyclic amines) is 2. The summed E-state index contributed by atoms with van der Waals surface area (Å²) in [6.45, 7) is 3.28. The van der Waals surface area contributed by atoms with Gasteiger partial charge in [-0.25, -0.2) is 0 Å². The van der Waals surface area contributed by atoms with E-state index in [4.69, 9.17) is 11.6 Å². The maximum absolute atomic E-state index is 12.4. The van der Waals surface area contributed by atoms with Gasteiger partial charge in [-0.3, -0.25) is 9.69 Å². The lowest BCUT2D eigenvalue weighted by atomic mass is 10.1. The van der Waals surface area contributed by atoms with Crippen molar-refractivity contribution in [1.82, 2.24) is 9.80 Å². The number of rotatable bonds is 5. The number of hydrogen-bond acceptors (Lipinski definition) is 3. The quantitative estimate of drug-likeness (QED) is 0.888. The first-order valence-corrected chi connectivity index (χ1v) is 9.45. The van der Waals surface area contributed by atoms with E-state index in [9.17, 15) is 9.90 Å². The van der Waals surface area contributed by atoms with E-state index in [1.165, 1.54) is 24.8 Å². The monoisotopic (exact) mass is 350 g/mol. The summed E-state index contributed by atoms with van der Waals surface area (Å²) in [7, 11) is 0. The number of nitrogens with zero attached hydrogens (tertiary/aromatic N) is 2. The molecule has 0 bridgehead atoms. The second-order valence-corrected chi connectivity index (χ2v) is 7.45. The zero-order valence-corrected chi connectivity index (χ0v) is 14.9. The summed E-state index contributed by atoms with van der Waals surface area (Å²) in [4.78, 5) is 16.7. The normalized spacial score (nSPS) is 25.2. The van der Waals surface area contributed by atoms with Crippen LogP contribution in [-0.4, -0.2) is 59.1 Å². The first-order chi connectivity index (χ1) is 11.6. The molecule has 3 rings (SSSR count). The number of piperidine rings is 1. The molecule has 1 aromatic carbocycles. The van der Waals surface area contributed by atoms with Crippen molar-refractivity contribution in [3.63, 3.8) is 0 Å². The highest BCUT2D eigenvalue weighted by Gasteiger charge is 2.37. The highest BCUT2D eigenvalue weighted by molar-refractivity contribution is 6.30. The van der Waals surface area contributed by atoms with Crippen molar-refractivity contribution in [3.05, 3.63) is 34.9 Å². The number of hydrogen-bond donors (Lipinski definition) is 1. The first-order valence-electron chi connectivity index (χ1n) is 9.08. The molecule has 24 heavy (non-hydrogen) atoms. The van der Waals surface area contributed by atoms with Gasteiger partial charge < -0.3 is 10.0 Å². The van der Waals surface area contributed by atoms with Gasteiger partial charge in [-0.05, 0) is 56.5 Å². The molecular weight excluding hydrogens is 324 g/mol. The third-order valence-corrected chi connectivity index (χ3v) is 5.49. The summed E-state index contributed by atoms with van der Waals surface area (Å²) in [6.07, 6.45) is 5.56. The Morgan fingerprint density at radius 1 is 1.12 bits per heavy atom. The van der Waals surface area contributed by atoms with Crippen LogP contribution in [-0.2, 0) is 11.2 Å². The second kappa shape index (κ2) is 8.32. The third kappa shape index (κ3) is 4.50. The van der Waals surface area contributed by atoms with E-state index >= 15 is 0 Å². The van der Waals surface area contributed by atoms with Gasteiger partial charge in [0.15, 0.2) is 0 Å². The summed E-state index contributed by atoms with van der Waals surface area (Å²) >= 11 is 5.89. The Bertz CT molecular complexity index is 543. The highest BCUT2D eigenvalue weighted by Crippen LogP contribution is 2.22. The van der Waals surface area contributed by atoms with Crippen LogP contribution in [0.15, 0.2) is 24.3 Å². The number of aliphatic hydroxyl groups excluding tert-OH is 1. The van der Waals surface area contributed by atoms with Crippen molar-refractivity contribution in [1.29, 1.82) is 0 Å². The fourth-order valence-corrected chi connectivity index (χ4v) is 3.96. The molecule has 1 aromatic rings. The van der Waals surface area contributed by atoms with Gasteiger partial charge in [-0.1, -0.05) is 30.2 Å². The average molecular weight is 351 g/mol. The zero-order chi connectivity index (χ0) is 16.9. The summed E-state index contributed by atoms with van der Waals surface area (Å²) < 4.78 is 0. The van der Waals surface area contributed by atoms with Crippen LogP contribution in [0.3, 0.4) is 0 Å². The Kier molecular flexibility index (Phi) is 6.14. The molecular formula is C19H27ClN2O2. The number of amides is 1. The van der Waals surface area contributed by atoms with E-state index in [0.717, 1.165) is 31.0 Å². The maximum Gasteiger partial charge on any atom is 0.222 e. The summed E-state index contributed by atoms with van der Waals surface area (Å²) in [5.74, 6) is 0.169. The van der Waals surface area contributed by atoms with Gasteiger partial charge in [-0.15, -0.1) is 0 Å². The lowest BCUT2D eigenvalue weighted by molar-refractivity contribution is -0.130. The van der Waals surface area contributed by atoms with Gasteiger partial charge >= 0.3 is 0 Å². The summed E-state index contributed by atoms with van der Waals surface area (Å²) in [5.41, 5.74) is 1.21. The molecule has 2 aliphatic rings. The minimum absolute atomic E-state index is 0.130. The number of carbonyl (C=O) groups excluding carboxylic acids is 1. The molecule has 2 aliphatic heterocycles. The highest BCUT2D eigenvalue weighted by atomic mass is 35.5. The molecule has 0 spiro atoms. The SMILES string of the molecule is O=C(CCCc1ccc(Cl)cc1)N1C[C@@H](O)[C@H](N2CCCCC2)C1. The molecule has 0 radical (unpaired) electrons. The van der Waals surface area contributed by atoms with Crippen molar-refractivity contribution in [2.75, 3.05) is 26.2 Å². The Hall–Kier alpha value is -1.10. The number of carbonyl (C=O) groups is 1. The van der Waals surface area contributed by atoms with E-state index in [2.05, 4.69) is 4.90 Å². The van der Waals surface area contributed by atoms with Crippen LogP contribution in [0, 0.1) is 0 Å². The van der Waals surface area contributed by atoms with Gasteiger partial charge in [0.2, 0.25) is 5.91 Å². The minimum atomic E-state index is -0.400. The van der Waals surface area contributed by atoms with Crippen LogP contribution in [0.4, 0.5) is 0 Å². The van der Waals surface area contributed by atoms with Gasteiger partial charge in [0.25, 0.3) is 0 Å². The number of halogens is 1. The van der Waals surface area contributed by atoms with Crippen LogP contribution < -0.4 is 0 Å². The Balaban J connectivity index is 1.44. The van der Waals surface area contributed by atoms with E-state index in [0.29, 0.717) is 19.5 Å². The van der Waals surface area contributed by atoms with Crippen molar-refractivity contribution in [3.8, 4) is 0 Å². The van der Waals surface area contributed by atoms with E-state index in [-0.39, 0.29) is 11.9 Å². The molecule has 132 valence electrons. The molecule has 2 saturated heterocycles. The molecule has 2 fully saturated rings. The predicted octanol–water partition coefficient (Wildman–Crippen LogP) is 2.72. The molecule has 0 aromatic heterocycles. The maximum atomic E-state index is 12.4. The predicted molar refractivity (Wildman–Crippen MR) is 96.2 cm³/mol. The first kappa shape index (κ1) is 17.7. The number of benzene rings is 1. The molecule has 1 N–H and O–H groups in total. The van der Waals surface area contributed by atoms with Crippen molar-refractivity contribution in [2.24, 2.45) is 0 Å². The van der Waals surface area contributed by atoms with Crippen LogP contribution in [0.2, 0.25) is 5.02 Å². The average Bonchev–Trinajstić information content (AvgIpc) is 2.99. The fourth-order valence-electron chi connectivity index (χ4n) is 3.83. The van der Waals surface area contributed by atoms with E-state index < -0.39 is 6.10 Å². The van der Waals surface area contributed by atoms with Gasteiger partial charge in [0.1, 0.15) is 0 Å². The van der Waals surface area contributed by atoms with E-state index in [1.807, 2.05) is 29.2 Å². The molecule has 5 heteroatoms. The lowest BCUT2D eigenvalue weighted by Crippen LogP contribution is -2.46. The van der Waals surface area contributed by atoms with Crippen molar-refractivity contribution >= 4 is 17.5 Å². The summed E-state index contributed by atoms with van der Waals surface area (Å²) in [6, 6.07) is 7.93. The van der Waals surface area contributed by atoms with Crippen LogP contribution >= 0.6 is 11.6 Å².